The van der Waals surface area contributed by atoms with Crippen molar-refractivity contribution in [1.82, 2.24) is 10.2 Å². The Labute approximate surface area is 224 Å². The summed E-state index contributed by atoms with van der Waals surface area (Å²) in [6.07, 6.45) is 19.2. The maximum absolute atomic E-state index is 12.4. The molecule has 0 radical (unpaired) electrons. The van der Waals surface area contributed by atoms with Crippen LogP contribution >= 0.6 is 0 Å². The summed E-state index contributed by atoms with van der Waals surface area (Å²) in [5.74, 6) is 3.61. The molecule has 0 aromatic heterocycles. The first kappa shape index (κ1) is 32.2. The van der Waals surface area contributed by atoms with E-state index in [9.17, 15) is 4.79 Å². The van der Waals surface area contributed by atoms with Crippen molar-refractivity contribution in [3.05, 3.63) is 35.1 Å². The van der Waals surface area contributed by atoms with Crippen molar-refractivity contribution in [1.29, 1.82) is 0 Å². The highest BCUT2D eigenvalue weighted by atomic mass is 16.5. The summed E-state index contributed by atoms with van der Waals surface area (Å²) in [7, 11) is 1.78. The van der Waals surface area contributed by atoms with Crippen LogP contribution in [-0.2, 0) is 19.1 Å². The van der Waals surface area contributed by atoms with Crippen LogP contribution in [0.2, 0.25) is 0 Å². The number of hydrogen-bond donors (Lipinski definition) is 1. The summed E-state index contributed by atoms with van der Waals surface area (Å²) in [4.78, 5) is 27.1. The molecule has 1 aliphatic carbocycles. The number of fused-ring (bicyclic) bond motifs is 1. The SMILES string of the molecule is C#C.C=O.CC.CO/C(=C(\C)CN1CCC2(CC1)CC2CCNC(=O)C1=CC2CC=NC=C2O1)C(C)C. The lowest BCUT2D eigenvalue weighted by Crippen LogP contribution is -2.36. The van der Waals surface area contributed by atoms with Crippen LogP contribution in [0.4, 0.5) is 0 Å². The van der Waals surface area contributed by atoms with Crippen LogP contribution in [0.1, 0.15) is 66.7 Å². The van der Waals surface area contributed by atoms with Gasteiger partial charge in [-0.15, -0.1) is 12.8 Å². The van der Waals surface area contributed by atoms with Crippen LogP contribution in [-0.4, -0.2) is 57.1 Å². The number of allylic oxidation sites excluding steroid dienone is 2. The smallest absolute Gasteiger partial charge is 0.286 e. The molecule has 2 atom stereocenters. The van der Waals surface area contributed by atoms with E-state index in [1.54, 1.807) is 13.3 Å². The fourth-order valence-corrected chi connectivity index (χ4v) is 5.60. The van der Waals surface area contributed by atoms with Crippen LogP contribution < -0.4 is 5.32 Å². The average molecular weight is 514 g/mol. The van der Waals surface area contributed by atoms with E-state index in [2.05, 4.69) is 48.8 Å². The quantitative estimate of drug-likeness (QED) is 0.360. The number of methoxy groups -OCH3 is 1. The van der Waals surface area contributed by atoms with E-state index in [4.69, 9.17) is 14.3 Å². The average Bonchev–Trinajstić information content (AvgIpc) is 3.40. The normalized spacial score (nSPS) is 23.2. The van der Waals surface area contributed by atoms with Gasteiger partial charge < -0.3 is 19.6 Å². The number of amides is 1. The molecule has 3 aliphatic heterocycles. The van der Waals surface area contributed by atoms with E-state index in [1.807, 2.05) is 32.9 Å². The molecule has 4 rings (SSSR count). The number of ether oxygens (including phenoxy) is 2. The predicted octanol–water partition coefficient (Wildman–Crippen LogP) is 5.11. The van der Waals surface area contributed by atoms with E-state index >= 15 is 0 Å². The minimum absolute atomic E-state index is 0.0961. The van der Waals surface area contributed by atoms with Crippen molar-refractivity contribution >= 4 is 18.9 Å². The van der Waals surface area contributed by atoms with E-state index < -0.39 is 0 Å². The summed E-state index contributed by atoms with van der Waals surface area (Å²) in [5.41, 5.74) is 1.87. The first-order chi connectivity index (χ1) is 17.9. The molecule has 7 heteroatoms. The van der Waals surface area contributed by atoms with Gasteiger partial charge in [-0.2, -0.15) is 0 Å². The molecule has 2 unspecified atom stereocenters. The second-order valence-corrected chi connectivity index (χ2v) is 9.93. The van der Waals surface area contributed by atoms with Crippen molar-refractivity contribution < 1.29 is 19.1 Å². The first-order valence-corrected chi connectivity index (χ1v) is 13.4. The van der Waals surface area contributed by atoms with Crippen molar-refractivity contribution in [2.45, 2.75) is 66.7 Å². The minimum Gasteiger partial charge on any atom is -0.501 e. The van der Waals surface area contributed by atoms with Gasteiger partial charge in [0.05, 0.1) is 19.1 Å². The van der Waals surface area contributed by atoms with Gasteiger partial charge in [0.2, 0.25) is 0 Å². The van der Waals surface area contributed by atoms with Crippen molar-refractivity contribution in [3.8, 4) is 12.8 Å². The Morgan fingerprint density at radius 1 is 1.30 bits per heavy atom. The summed E-state index contributed by atoms with van der Waals surface area (Å²) < 4.78 is 11.3. The zero-order valence-corrected chi connectivity index (χ0v) is 23.7. The largest absolute Gasteiger partial charge is 0.501 e. The number of aliphatic imine (C=N–C) groups is 1. The van der Waals surface area contributed by atoms with Crippen LogP contribution in [0.5, 0.6) is 0 Å². The zero-order valence-electron chi connectivity index (χ0n) is 23.7. The summed E-state index contributed by atoms with van der Waals surface area (Å²) in [6, 6.07) is 0. The highest BCUT2D eigenvalue weighted by molar-refractivity contribution is 5.92. The van der Waals surface area contributed by atoms with Gasteiger partial charge in [0, 0.05) is 31.1 Å². The second kappa shape index (κ2) is 16.1. The lowest BCUT2D eigenvalue weighted by atomic mass is 9.89. The summed E-state index contributed by atoms with van der Waals surface area (Å²) in [5, 5.41) is 3.06. The number of hydrogen-bond acceptors (Lipinski definition) is 6. The lowest BCUT2D eigenvalue weighted by Gasteiger charge is -2.33. The van der Waals surface area contributed by atoms with Gasteiger partial charge in [0.25, 0.3) is 5.91 Å². The Morgan fingerprint density at radius 2 is 1.95 bits per heavy atom. The topological polar surface area (TPSA) is 80.2 Å². The summed E-state index contributed by atoms with van der Waals surface area (Å²) >= 11 is 0. The standard InChI is InChI=1S/C25H37N3O3.C2H6.C2H2.CH2O/c1-17(2)23(30-4)18(3)16-28-11-7-25(8-12-28)14-20(25)6-10-27-24(29)21-13-19-5-9-26-15-22(19)31-21;3*1-2/h9,13,15,17,19-20H,5-8,10-12,14,16H2,1-4H3,(H,27,29);1-2H3;1-2H;1H2/b23-18+;;;. The number of terminal acetylenes is 1. The maximum Gasteiger partial charge on any atom is 0.286 e. The molecule has 1 saturated carbocycles. The Kier molecular flexibility index (Phi) is 14.0. The molecule has 1 saturated heterocycles. The predicted molar refractivity (Wildman–Crippen MR) is 151 cm³/mol. The molecule has 4 aliphatic rings. The molecule has 0 aromatic rings. The van der Waals surface area contributed by atoms with E-state index in [0.717, 1.165) is 56.5 Å². The second-order valence-electron chi connectivity index (χ2n) is 9.93. The Hall–Kier alpha value is -2.85. The van der Waals surface area contributed by atoms with E-state index in [1.165, 1.54) is 24.8 Å². The fraction of sp³-hybridized carbons (Fsp3) is 0.633. The number of likely N-dealkylation sites (tertiary alicyclic amines) is 1. The third-order valence-corrected chi connectivity index (χ3v) is 7.45. The van der Waals surface area contributed by atoms with Gasteiger partial charge in [-0.1, -0.05) is 27.7 Å². The highest BCUT2D eigenvalue weighted by Gasteiger charge is 2.53. The molecular formula is C30H47N3O4. The Bertz CT molecular complexity index is 877. The Morgan fingerprint density at radius 3 is 2.51 bits per heavy atom. The molecule has 7 nitrogen and oxygen atoms in total. The van der Waals surface area contributed by atoms with E-state index in [0.29, 0.717) is 17.1 Å². The molecular weight excluding hydrogens is 466 g/mol. The van der Waals surface area contributed by atoms with Crippen LogP contribution in [0.3, 0.4) is 0 Å². The van der Waals surface area contributed by atoms with Crippen LogP contribution in [0.25, 0.3) is 0 Å². The molecule has 37 heavy (non-hydrogen) atoms. The molecule has 0 aromatic carbocycles. The molecule has 206 valence electrons. The molecule has 3 heterocycles. The molecule has 1 N–H and O–H groups in total. The maximum atomic E-state index is 12.4. The molecule has 2 fully saturated rings. The molecule has 1 amide bonds. The van der Waals surface area contributed by atoms with Crippen molar-refractivity contribution in [3.63, 3.8) is 0 Å². The van der Waals surface area contributed by atoms with Gasteiger partial charge in [0.1, 0.15) is 12.5 Å². The summed E-state index contributed by atoms with van der Waals surface area (Å²) in [6.45, 7) is 16.6. The Balaban J connectivity index is 0.00000106. The molecule has 1 spiro atoms. The zero-order chi connectivity index (χ0) is 28.0. The lowest BCUT2D eigenvalue weighted by molar-refractivity contribution is -0.120. The van der Waals surface area contributed by atoms with Gasteiger partial charge in [-0.25, -0.2) is 0 Å². The van der Waals surface area contributed by atoms with Gasteiger partial charge >= 0.3 is 0 Å². The van der Waals surface area contributed by atoms with Crippen molar-refractivity contribution in [2.75, 3.05) is 33.3 Å². The van der Waals surface area contributed by atoms with Crippen LogP contribution in [0.15, 0.2) is 40.1 Å². The number of piperidine rings is 1. The van der Waals surface area contributed by atoms with Crippen LogP contribution in [0, 0.1) is 36.0 Å². The third kappa shape index (κ3) is 8.60. The minimum atomic E-state index is -0.0961. The number of carbonyl (C=O) groups is 2. The highest BCUT2D eigenvalue weighted by Crippen LogP contribution is 2.60. The van der Waals surface area contributed by atoms with Gasteiger partial charge in [-0.05, 0) is 75.1 Å². The fourth-order valence-electron chi connectivity index (χ4n) is 5.60. The first-order valence-electron chi connectivity index (χ1n) is 13.4. The number of rotatable bonds is 8. The molecule has 0 bridgehead atoms. The number of carbonyl (C=O) groups excluding carboxylic acids is 2. The van der Waals surface area contributed by atoms with E-state index in [-0.39, 0.29) is 11.8 Å². The van der Waals surface area contributed by atoms with Gasteiger partial charge in [0.15, 0.2) is 5.76 Å². The monoisotopic (exact) mass is 513 g/mol. The van der Waals surface area contributed by atoms with Crippen molar-refractivity contribution in [2.24, 2.45) is 28.2 Å². The number of nitrogens with one attached hydrogen (secondary N) is 1. The third-order valence-electron chi connectivity index (χ3n) is 7.45. The van der Waals surface area contributed by atoms with Gasteiger partial charge in [-0.3, -0.25) is 14.7 Å². The number of nitrogens with zero attached hydrogens (tertiary/aromatic N) is 2.